The highest BCUT2D eigenvalue weighted by molar-refractivity contribution is 9.09. The lowest BCUT2D eigenvalue weighted by Crippen LogP contribution is -2.56. The Morgan fingerprint density at radius 1 is 1.32 bits per heavy atom. The van der Waals surface area contributed by atoms with E-state index in [0.29, 0.717) is 37.8 Å². The number of urea groups is 1. The quantitative estimate of drug-likeness (QED) is 0.588. The number of halogens is 1. The number of amides is 4. The first kappa shape index (κ1) is 17.1. The molecule has 1 N–H and O–H groups in total. The summed E-state index contributed by atoms with van der Waals surface area (Å²) in [5.74, 6) is -0.194. The van der Waals surface area contributed by atoms with Crippen molar-refractivity contribution in [2.24, 2.45) is 0 Å². The van der Waals surface area contributed by atoms with E-state index in [9.17, 15) is 14.4 Å². The van der Waals surface area contributed by atoms with Crippen LogP contribution in [-0.4, -0.2) is 63.9 Å². The van der Waals surface area contributed by atoms with Crippen molar-refractivity contribution in [3.05, 3.63) is 0 Å². The predicted molar refractivity (Wildman–Crippen MR) is 83.8 cm³/mol. The highest BCUT2D eigenvalue weighted by Crippen LogP contribution is 2.30. The average Bonchev–Trinajstić information content (AvgIpc) is 2.63. The summed E-state index contributed by atoms with van der Waals surface area (Å²) in [4.78, 5) is 39.3. The molecule has 2 heterocycles. The van der Waals surface area contributed by atoms with Crippen molar-refractivity contribution in [2.75, 3.05) is 25.0 Å². The molecule has 0 bridgehead atoms. The molecule has 2 fully saturated rings. The molecule has 2 saturated heterocycles. The average molecular weight is 376 g/mol. The molecule has 0 unspecified atom stereocenters. The monoisotopic (exact) mass is 375 g/mol. The molecular formula is C14H22BrN3O4. The van der Waals surface area contributed by atoms with Crippen LogP contribution < -0.4 is 5.32 Å². The molecular weight excluding hydrogens is 354 g/mol. The van der Waals surface area contributed by atoms with E-state index in [0.717, 1.165) is 0 Å². The molecule has 4 amide bonds. The van der Waals surface area contributed by atoms with E-state index in [1.807, 2.05) is 20.8 Å². The zero-order valence-corrected chi connectivity index (χ0v) is 14.7. The summed E-state index contributed by atoms with van der Waals surface area (Å²) < 4.78 is 5.33. The second-order valence-electron chi connectivity index (χ2n) is 6.63. The minimum Gasteiger partial charge on any atom is -0.444 e. The Kier molecular flexibility index (Phi) is 4.70. The number of nitrogens with one attached hydrogen (secondary N) is 1. The van der Waals surface area contributed by atoms with Gasteiger partial charge in [-0.25, -0.2) is 9.59 Å². The van der Waals surface area contributed by atoms with Gasteiger partial charge in [-0.15, -0.1) is 0 Å². The summed E-state index contributed by atoms with van der Waals surface area (Å²) in [6.45, 7) is 6.58. The number of ether oxygens (including phenoxy) is 1. The summed E-state index contributed by atoms with van der Waals surface area (Å²) in [6.07, 6.45) is 0.446. The van der Waals surface area contributed by atoms with Crippen LogP contribution in [0.4, 0.5) is 9.59 Å². The number of piperidine rings is 1. The smallest absolute Gasteiger partial charge is 0.410 e. The summed E-state index contributed by atoms with van der Waals surface area (Å²) in [5.41, 5.74) is -1.41. The van der Waals surface area contributed by atoms with Gasteiger partial charge in [0.05, 0.1) is 0 Å². The summed E-state index contributed by atoms with van der Waals surface area (Å²) >= 11 is 3.24. The highest BCUT2D eigenvalue weighted by atomic mass is 79.9. The molecule has 0 aromatic rings. The van der Waals surface area contributed by atoms with Crippen LogP contribution in [0.1, 0.15) is 33.6 Å². The Morgan fingerprint density at radius 2 is 1.91 bits per heavy atom. The highest BCUT2D eigenvalue weighted by Gasteiger charge is 2.52. The van der Waals surface area contributed by atoms with Gasteiger partial charge in [0.2, 0.25) is 0 Å². The van der Waals surface area contributed by atoms with Gasteiger partial charge in [-0.3, -0.25) is 9.69 Å². The molecule has 0 aromatic carbocycles. The molecule has 2 aliphatic heterocycles. The van der Waals surface area contributed by atoms with Gasteiger partial charge in [0.1, 0.15) is 11.1 Å². The van der Waals surface area contributed by atoms with Crippen LogP contribution >= 0.6 is 15.9 Å². The predicted octanol–water partition coefficient (Wildman–Crippen LogP) is 1.70. The van der Waals surface area contributed by atoms with Gasteiger partial charge in [0.25, 0.3) is 5.91 Å². The molecule has 0 aliphatic carbocycles. The Hall–Kier alpha value is -1.31. The molecule has 1 spiro atoms. The molecule has 22 heavy (non-hydrogen) atoms. The maximum atomic E-state index is 12.5. The van der Waals surface area contributed by atoms with E-state index in [1.54, 1.807) is 4.90 Å². The number of rotatable bonds is 2. The first-order chi connectivity index (χ1) is 10.2. The molecule has 8 heteroatoms. The lowest BCUT2D eigenvalue weighted by molar-refractivity contribution is -0.132. The molecule has 7 nitrogen and oxygen atoms in total. The van der Waals surface area contributed by atoms with E-state index in [-0.39, 0.29) is 18.0 Å². The van der Waals surface area contributed by atoms with Crippen LogP contribution in [0.15, 0.2) is 0 Å². The molecule has 124 valence electrons. The molecule has 0 radical (unpaired) electrons. The van der Waals surface area contributed by atoms with Crippen molar-refractivity contribution < 1.29 is 19.1 Å². The summed E-state index contributed by atoms with van der Waals surface area (Å²) in [5, 5.41) is 3.35. The van der Waals surface area contributed by atoms with Crippen LogP contribution in [0.2, 0.25) is 0 Å². The number of hydrogen-bond acceptors (Lipinski definition) is 4. The second kappa shape index (κ2) is 6.06. The standard InChI is InChI=1S/C14H22BrN3O4/c1-13(2,3)22-12(21)17-7-4-14(5-8-17)10(19)18(9-6-15)11(20)16-14/h4-9H2,1-3H3,(H,16,20). The third-order valence-electron chi connectivity index (χ3n) is 3.82. The zero-order valence-electron chi connectivity index (χ0n) is 13.1. The first-order valence-electron chi connectivity index (χ1n) is 7.36. The van der Waals surface area contributed by atoms with Crippen LogP contribution in [0, 0.1) is 0 Å². The van der Waals surface area contributed by atoms with E-state index in [1.165, 1.54) is 4.90 Å². The molecule has 0 saturated carbocycles. The zero-order chi connectivity index (χ0) is 16.5. The lowest BCUT2D eigenvalue weighted by Gasteiger charge is -2.37. The van der Waals surface area contributed by atoms with Crippen LogP contribution in [0.5, 0.6) is 0 Å². The largest absolute Gasteiger partial charge is 0.444 e. The van der Waals surface area contributed by atoms with Gasteiger partial charge in [0, 0.05) is 25.0 Å². The number of alkyl halides is 1. The second-order valence-corrected chi connectivity index (χ2v) is 7.42. The Bertz CT molecular complexity index is 481. The first-order valence-corrected chi connectivity index (χ1v) is 8.49. The topological polar surface area (TPSA) is 79.0 Å². The third kappa shape index (κ3) is 3.37. The van der Waals surface area contributed by atoms with Gasteiger partial charge in [-0.1, -0.05) is 15.9 Å². The van der Waals surface area contributed by atoms with Crippen molar-refractivity contribution in [3.63, 3.8) is 0 Å². The number of carbonyl (C=O) groups is 3. The van der Waals surface area contributed by atoms with E-state index >= 15 is 0 Å². The Balaban J connectivity index is 1.99. The fraction of sp³-hybridized carbons (Fsp3) is 0.786. The molecule has 2 rings (SSSR count). The van der Waals surface area contributed by atoms with Gasteiger partial charge in [-0.2, -0.15) is 0 Å². The summed E-state index contributed by atoms with van der Waals surface area (Å²) in [6, 6.07) is -0.352. The maximum Gasteiger partial charge on any atom is 0.410 e. The fourth-order valence-electron chi connectivity index (χ4n) is 2.70. The minimum atomic E-state index is -0.863. The van der Waals surface area contributed by atoms with Gasteiger partial charge in [-0.05, 0) is 33.6 Å². The van der Waals surface area contributed by atoms with E-state index in [4.69, 9.17) is 4.74 Å². The molecule has 2 aliphatic rings. The molecule has 0 aromatic heterocycles. The van der Waals surface area contributed by atoms with Crippen molar-refractivity contribution in [1.29, 1.82) is 0 Å². The van der Waals surface area contributed by atoms with Crippen molar-refractivity contribution in [1.82, 2.24) is 15.1 Å². The van der Waals surface area contributed by atoms with Crippen molar-refractivity contribution >= 4 is 34.0 Å². The number of hydrogen-bond donors (Lipinski definition) is 1. The molecule has 0 atom stereocenters. The van der Waals surface area contributed by atoms with Crippen molar-refractivity contribution in [3.8, 4) is 0 Å². The number of likely N-dealkylation sites (tertiary alicyclic amines) is 1. The fourth-order valence-corrected chi connectivity index (χ4v) is 3.05. The normalized spacial score (nSPS) is 21.3. The Labute approximate surface area is 138 Å². The minimum absolute atomic E-state index is 0.194. The van der Waals surface area contributed by atoms with Crippen LogP contribution in [0.25, 0.3) is 0 Å². The van der Waals surface area contributed by atoms with E-state index in [2.05, 4.69) is 21.2 Å². The number of nitrogens with zero attached hydrogens (tertiary/aromatic N) is 2. The number of imide groups is 1. The lowest BCUT2D eigenvalue weighted by atomic mass is 9.87. The Morgan fingerprint density at radius 3 is 2.41 bits per heavy atom. The van der Waals surface area contributed by atoms with Crippen LogP contribution in [-0.2, 0) is 9.53 Å². The van der Waals surface area contributed by atoms with Crippen LogP contribution in [0.3, 0.4) is 0 Å². The van der Waals surface area contributed by atoms with Gasteiger partial charge >= 0.3 is 12.1 Å². The van der Waals surface area contributed by atoms with E-state index < -0.39 is 11.1 Å². The van der Waals surface area contributed by atoms with Crippen molar-refractivity contribution in [2.45, 2.75) is 44.8 Å². The summed E-state index contributed by atoms with van der Waals surface area (Å²) in [7, 11) is 0. The maximum absolute atomic E-state index is 12.5. The SMILES string of the molecule is CC(C)(C)OC(=O)N1CCC2(CC1)NC(=O)N(CCBr)C2=O. The van der Waals surface area contributed by atoms with Gasteiger partial charge in [0.15, 0.2) is 0 Å². The number of carbonyl (C=O) groups excluding carboxylic acids is 3. The third-order valence-corrected chi connectivity index (χ3v) is 4.18. The van der Waals surface area contributed by atoms with Gasteiger partial charge < -0.3 is 15.0 Å².